The number of benzene rings is 2. The first-order valence-corrected chi connectivity index (χ1v) is 8.85. The van der Waals surface area contributed by atoms with Gasteiger partial charge < -0.3 is 5.32 Å². The van der Waals surface area contributed by atoms with Crippen molar-refractivity contribution in [2.75, 3.05) is 5.32 Å². The predicted octanol–water partition coefficient (Wildman–Crippen LogP) is 6.29. The van der Waals surface area contributed by atoms with Crippen LogP contribution in [0.15, 0.2) is 54.6 Å². The lowest BCUT2D eigenvalue weighted by molar-refractivity contribution is 0.424. The Morgan fingerprint density at radius 2 is 1.83 bits per heavy atom. The van der Waals surface area contributed by atoms with Gasteiger partial charge in [0.1, 0.15) is 0 Å². The molecule has 23 heavy (non-hydrogen) atoms. The van der Waals surface area contributed by atoms with E-state index in [1.807, 2.05) is 12.1 Å². The molecule has 2 aliphatic rings. The Morgan fingerprint density at radius 1 is 1.04 bits per heavy atom. The molecule has 0 spiro atoms. The van der Waals surface area contributed by atoms with Crippen molar-refractivity contribution in [1.82, 2.24) is 0 Å². The molecule has 0 unspecified atom stereocenters. The summed E-state index contributed by atoms with van der Waals surface area (Å²) in [6, 6.07) is 15.3. The van der Waals surface area contributed by atoms with E-state index in [9.17, 15) is 0 Å². The number of nitrogens with one attached hydrogen (secondary N) is 1. The summed E-state index contributed by atoms with van der Waals surface area (Å²) in [6.07, 6.45) is 5.83. The lowest BCUT2D eigenvalue weighted by Crippen LogP contribution is -2.30. The topological polar surface area (TPSA) is 12.0 Å². The minimum absolute atomic E-state index is 0.274. The molecule has 4 rings (SSSR count). The zero-order valence-electron chi connectivity index (χ0n) is 13.6. The smallest absolute Gasteiger partial charge is 0.0568 e. The van der Waals surface area contributed by atoms with Crippen LogP contribution in [0, 0.1) is 5.92 Å². The van der Waals surface area contributed by atoms with Gasteiger partial charge in [0, 0.05) is 16.6 Å². The lowest BCUT2D eigenvalue weighted by Gasteiger charge is -2.39. The third-order valence-corrected chi connectivity index (χ3v) is 5.64. The number of allylic oxidation sites excluding steroid dienone is 2. The standard InChI is InChI=1S/C21H22ClN/c1-13(2)14-8-5-10-16-15-9-6-11-17(15)21(23-20(14)16)18-7-3-4-12-19(18)22/h3-10,12-13,15,17,21,23H,11H2,1-2H3/t15-,17-,21-/m0/s1. The van der Waals surface area contributed by atoms with Gasteiger partial charge in [-0.2, -0.15) is 0 Å². The highest BCUT2D eigenvalue weighted by Crippen LogP contribution is 2.52. The molecule has 0 bridgehead atoms. The second-order valence-electron chi connectivity index (χ2n) is 6.96. The fraction of sp³-hybridized carbons (Fsp3) is 0.333. The number of para-hydroxylation sites is 1. The summed E-state index contributed by atoms with van der Waals surface area (Å²) >= 11 is 6.52. The Labute approximate surface area is 143 Å². The monoisotopic (exact) mass is 323 g/mol. The van der Waals surface area contributed by atoms with Gasteiger partial charge in [-0.1, -0.05) is 74.0 Å². The van der Waals surface area contributed by atoms with Gasteiger partial charge in [0.2, 0.25) is 0 Å². The van der Waals surface area contributed by atoms with Gasteiger partial charge in [-0.05, 0) is 41.0 Å². The van der Waals surface area contributed by atoms with E-state index >= 15 is 0 Å². The van der Waals surface area contributed by atoms with Crippen molar-refractivity contribution in [2.45, 2.75) is 38.1 Å². The molecule has 0 aromatic heterocycles. The molecule has 3 atom stereocenters. The Bertz CT molecular complexity index is 762. The zero-order valence-corrected chi connectivity index (χ0v) is 14.3. The molecule has 1 aliphatic carbocycles. The van der Waals surface area contributed by atoms with Gasteiger partial charge in [-0.15, -0.1) is 0 Å². The van der Waals surface area contributed by atoms with Crippen LogP contribution in [0.3, 0.4) is 0 Å². The molecular formula is C21H22ClN. The van der Waals surface area contributed by atoms with Crippen LogP contribution in [-0.4, -0.2) is 0 Å². The minimum Gasteiger partial charge on any atom is -0.377 e. The molecule has 0 fully saturated rings. The quantitative estimate of drug-likeness (QED) is 0.640. The van der Waals surface area contributed by atoms with Crippen molar-refractivity contribution in [3.63, 3.8) is 0 Å². The van der Waals surface area contributed by atoms with E-state index in [-0.39, 0.29) is 6.04 Å². The second kappa shape index (κ2) is 5.72. The van der Waals surface area contributed by atoms with E-state index in [1.165, 1.54) is 22.4 Å². The Balaban J connectivity index is 1.86. The first-order chi connectivity index (χ1) is 11.2. The van der Waals surface area contributed by atoms with E-state index in [0.717, 1.165) is 11.4 Å². The van der Waals surface area contributed by atoms with Gasteiger partial charge in [-0.25, -0.2) is 0 Å². The lowest BCUT2D eigenvalue weighted by atomic mass is 9.75. The molecule has 2 heteroatoms. The normalized spacial score (nSPS) is 25.1. The van der Waals surface area contributed by atoms with E-state index in [0.29, 0.717) is 17.8 Å². The van der Waals surface area contributed by atoms with Crippen molar-refractivity contribution in [1.29, 1.82) is 0 Å². The van der Waals surface area contributed by atoms with Crippen molar-refractivity contribution in [2.24, 2.45) is 5.92 Å². The van der Waals surface area contributed by atoms with Crippen LogP contribution in [0.5, 0.6) is 0 Å². The number of rotatable bonds is 2. The van der Waals surface area contributed by atoms with Crippen LogP contribution in [-0.2, 0) is 0 Å². The molecule has 1 nitrogen and oxygen atoms in total. The molecule has 1 heterocycles. The van der Waals surface area contributed by atoms with Crippen molar-refractivity contribution >= 4 is 17.3 Å². The van der Waals surface area contributed by atoms with Crippen molar-refractivity contribution in [3.05, 3.63) is 76.3 Å². The fourth-order valence-corrected chi connectivity index (χ4v) is 4.42. The third-order valence-electron chi connectivity index (χ3n) is 5.29. The number of halogens is 1. The van der Waals surface area contributed by atoms with Crippen LogP contribution < -0.4 is 5.32 Å². The number of anilines is 1. The molecule has 2 aromatic rings. The highest BCUT2D eigenvalue weighted by molar-refractivity contribution is 6.31. The predicted molar refractivity (Wildman–Crippen MR) is 98.3 cm³/mol. The van der Waals surface area contributed by atoms with Crippen LogP contribution in [0.25, 0.3) is 0 Å². The highest BCUT2D eigenvalue weighted by atomic mass is 35.5. The molecular weight excluding hydrogens is 302 g/mol. The van der Waals surface area contributed by atoms with Crippen LogP contribution in [0.4, 0.5) is 5.69 Å². The van der Waals surface area contributed by atoms with Gasteiger partial charge >= 0.3 is 0 Å². The van der Waals surface area contributed by atoms with Crippen LogP contribution >= 0.6 is 11.6 Å². The maximum atomic E-state index is 6.52. The van der Waals surface area contributed by atoms with Crippen molar-refractivity contribution in [3.8, 4) is 0 Å². The van der Waals surface area contributed by atoms with E-state index < -0.39 is 0 Å². The summed E-state index contributed by atoms with van der Waals surface area (Å²) < 4.78 is 0. The molecule has 2 aromatic carbocycles. The second-order valence-corrected chi connectivity index (χ2v) is 7.37. The maximum absolute atomic E-state index is 6.52. The number of hydrogen-bond donors (Lipinski definition) is 1. The molecule has 0 saturated carbocycles. The SMILES string of the molecule is CC(C)c1cccc2c1N[C@H](c1ccccc1Cl)[C@H]1CC=C[C@@H]21. The van der Waals surface area contributed by atoms with Gasteiger partial charge in [0.25, 0.3) is 0 Å². The molecule has 0 amide bonds. The van der Waals surface area contributed by atoms with Gasteiger partial charge in [-0.3, -0.25) is 0 Å². The molecule has 1 N–H and O–H groups in total. The first-order valence-electron chi connectivity index (χ1n) is 8.47. The summed E-state index contributed by atoms with van der Waals surface area (Å²) in [5.74, 6) is 1.54. The van der Waals surface area contributed by atoms with Crippen LogP contribution in [0.1, 0.15) is 54.8 Å². The van der Waals surface area contributed by atoms with Crippen molar-refractivity contribution < 1.29 is 0 Å². The average molecular weight is 324 g/mol. The molecule has 1 aliphatic heterocycles. The van der Waals surface area contributed by atoms with Gasteiger partial charge in [0.15, 0.2) is 0 Å². The Hall–Kier alpha value is -1.73. The van der Waals surface area contributed by atoms with E-state index in [2.05, 4.69) is 61.6 Å². The largest absolute Gasteiger partial charge is 0.377 e. The van der Waals surface area contributed by atoms with Gasteiger partial charge in [0.05, 0.1) is 6.04 Å². The molecule has 0 radical (unpaired) electrons. The third kappa shape index (κ3) is 2.38. The molecule has 118 valence electrons. The van der Waals surface area contributed by atoms with Crippen LogP contribution in [0.2, 0.25) is 5.02 Å². The summed E-state index contributed by atoms with van der Waals surface area (Å²) in [4.78, 5) is 0. The minimum atomic E-state index is 0.274. The number of fused-ring (bicyclic) bond motifs is 3. The molecule has 0 saturated heterocycles. The highest BCUT2D eigenvalue weighted by Gasteiger charge is 2.39. The van der Waals surface area contributed by atoms with E-state index in [4.69, 9.17) is 11.6 Å². The van der Waals surface area contributed by atoms with E-state index in [1.54, 1.807) is 0 Å². The zero-order chi connectivity index (χ0) is 16.0. The maximum Gasteiger partial charge on any atom is 0.0568 e. The summed E-state index contributed by atoms with van der Waals surface area (Å²) in [5, 5.41) is 4.71. The first kappa shape index (κ1) is 14.8. The Morgan fingerprint density at radius 3 is 2.61 bits per heavy atom. The average Bonchev–Trinajstić information content (AvgIpc) is 3.04. The summed E-state index contributed by atoms with van der Waals surface area (Å²) in [7, 11) is 0. The Kier molecular flexibility index (Phi) is 3.69. The fourth-order valence-electron chi connectivity index (χ4n) is 4.16. The summed E-state index contributed by atoms with van der Waals surface area (Å²) in [5.41, 5.74) is 5.38. The summed E-state index contributed by atoms with van der Waals surface area (Å²) in [6.45, 7) is 4.52. The number of hydrogen-bond acceptors (Lipinski definition) is 1.